The van der Waals surface area contributed by atoms with Crippen LogP contribution in [0.5, 0.6) is 0 Å². The number of esters is 2. The zero-order valence-corrected chi connectivity index (χ0v) is 16.0. The Hall–Kier alpha value is -1.78. The minimum absolute atomic E-state index is 0.0376. The van der Waals surface area contributed by atoms with Gasteiger partial charge in [0.1, 0.15) is 0 Å². The van der Waals surface area contributed by atoms with Crippen molar-refractivity contribution < 1.29 is 23.5 Å². The van der Waals surface area contributed by atoms with Gasteiger partial charge < -0.3 is 13.9 Å². The lowest BCUT2D eigenvalue weighted by molar-refractivity contribution is 0.0426. The first-order valence-corrected chi connectivity index (χ1v) is 9.34. The first-order valence-electron chi connectivity index (χ1n) is 9.34. The molecule has 0 N–H and O–H groups in total. The second-order valence-corrected chi connectivity index (χ2v) is 7.21. The van der Waals surface area contributed by atoms with Crippen molar-refractivity contribution in [2.75, 3.05) is 13.2 Å². The van der Waals surface area contributed by atoms with E-state index in [-0.39, 0.29) is 11.5 Å². The van der Waals surface area contributed by atoms with Crippen molar-refractivity contribution in [2.45, 2.75) is 66.2 Å². The molecule has 5 heteroatoms. The largest absolute Gasteiger partial charge is 0.460 e. The second-order valence-electron chi connectivity index (χ2n) is 7.21. The van der Waals surface area contributed by atoms with Gasteiger partial charge in [-0.3, -0.25) is 0 Å². The van der Waals surface area contributed by atoms with Crippen LogP contribution < -0.4 is 0 Å². The molecule has 0 atom stereocenters. The number of carbonyl (C=O) groups excluding carboxylic acids is 2. The number of hydrogen-bond donors (Lipinski definition) is 0. The highest BCUT2D eigenvalue weighted by molar-refractivity contribution is 5.90. The molecule has 0 aromatic carbocycles. The predicted octanol–water partition coefficient (Wildman–Crippen LogP) is 5.25. The number of furan rings is 1. The van der Waals surface area contributed by atoms with Gasteiger partial charge in [0.15, 0.2) is 0 Å². The summed E-state index contributed by atoms with van der Waals surface area (Å²) >= 11 is 0. The maximum Gasteiger partial charge on any atom is 0.374 e. The fourth-order valence-electron chi connectivity index (χ4n) is 2.34. The molecular weight excluding hydrogens is 320 g/mol. The Labute approximate surface area is 151 Å². The van der Waals surface area contributed by atoms with Gasteiger partial charge in [0, 0.05) is 0 Å². The highest BCUT2D eigenvalue weighted by Gasteiger charge is 2.17. The van der Waals surface area contributed by atoms with Crippen molar-refractivity contribution >= 4 is 11.9 Å². The molecule has 0 amide bonds. The molecule has 0 fully saturated rings. The summed E-state index contributed by atoms with van der Waals surface area (Å²) in [5, 5.41) is 0. The quantitative estimate of drug-likeness (QED) is 0.380. The second kappa shape index (κ2) is 11.7. The molecule has 1 heterocycles. The lowest BCUT2D eigenvalue weighted by Crippen LogP contribution is -2.07. The van der Waals surface area contributed by atoms with Gasteiger partial charge >= 0.3 is 11.9 Å². The molecule has 0 radical (unpaired) electrons. The molecule has 1 aromatic heterocycles. The molecule has 1 aromatic rings. The van der Waals surface area contributed by atoms with Crippen LogP contribution in [0.3, 0.4) is 0 Å². The van der Waals surface area contributed by atoms with Gasteiger partial charge in [-0.15, -0.1) is 0 Å². The fraction of sp³-hybridized carbons (Fsp3) is 0.700. The summed E-state index contributed by atoms with van der Waals surface area (Å²) < 4.78 is 15.6. The normalized spacial score (nSPS) is 11.1. The van der Waals surface area contributed by atoms with Crippen molar-refractivity contribution in [3.8, 4) is 0 Å². The summed E-state index contributed by atoms with van der Waals surface area (Å²) in [5.41, 5.74) is 0. The maximum atomic E-state index is 11.9. The summed E-state index contributed by atoms with van der Waals surface area (Å²) in [5.74, 6) is 0.298. The highest BCUT2D eigenvalue weighted by Crippen LogP contribution is 2.13. The van der Waals surface area contributed by atoms with E-state index in [1.54, 1.807) is 0 Å². The zero-order chi connectivity index (χ0) is 18.7. The lowest BCUT2D eigenvalue weighted by Gasteiger charge is -2.05. The molecule has 0 bridgehead atoms. The predicted molar refractivity (Wildman–Crippen MR) is 96.7 cm³/mol. The third-order valence-electron chi connectivity index (χ3n) is 3.83. The van der Waals surface area contributed by atoms with Gasteiger partial charge in [-0.2, -0.15) is 0 Å². The summed E-state index contributed by atoms with van der Waals surface area (Å²) in [6, 6.07) is 2.90. The average molecular weight is 352 g/mol. The molecule has 0 aliphatic carbocycles. The molecule has 25 heavy (non-hydrogen) atoms. The average Bonchev–Trinajstić information content (AvgIpc) is 3.03. The van der Waals surface area contributed by atoms with E-state index in [2.05, 4.69) is 27.7 Å². The Morgan fingerprint density at radius 3 is 1.56 bits per heavy atom. The Morgan fingerprint density at radius 2 is 1.20 bits per heavy atom. The van der Waals surface area contributed by atoms with Gasteiger partial charge in [0.2, 0.25) is 11.5 Å². The fourth-order valence-corrected chi connectivity index (χ4v) is 2.34. The van der Waals surface area contributed by atoms with Crippen LogP contribution in [0, 0.1) is 11.8 Å². The molecule has 0 saturated carbocycles. The van der Waals surface area contributed by atoms with Crippen LogP contribution >= 0.6 is 0 Å². The van der Waals surface area contributed by atoms with Gasteiger partial charge in [-0.25, -0.2) is 9.59 Å². The van der Waals surface area contributed by atoms with Crippen molar-refractivity contribution in [1.82, 2.24) is 0 Å². The Balaban J connectivity index is 2.27. The Kier molecular flexibility index (Phi) is 9.97. The molecule has 142 valence electrons. The number of ether oxygens (including phenoxy) is 2. The van der Waals surface area contributed by atoms with Crippen molar-refractivity contribution in [3.05, 3.63) is 23.7 Å². The van der Waals surface area contributed by atoms with Crippen molar-refractivity contribution in [1.29, 1.82) is 0 Å². The lowest BCUT2D eigenvalue weighted by atomic mass is 10.1. The van der Waals surface area contributed by atoms with Crippen LogP contribution in [-0.4, -0.2) is 25.2 Å². The third kappa shape index (κ3) is 9.32. The van der Waals surface area contributed by atoms with Gasteiger partial charge in [0.25, 0.3) is 0 Å². The third-order valence-corrected chi connectivity index (χ3v) is 3.83. The SMILES string of the molecule is CC(C)CCCCOC(=O)c1ccc(C(=O)OCCCCC(C)C)o1. The molecule has 0 aliphatic heterocycles. The van der Waals surface area contributed by atoms with Crippen LogP contribution in [0.2, 0.25) is 0 Å². The summed E-state index contributed by atoms with van der Waals surface area (Å²) in [4.78, 5) is 23.7. The van der Waals surface area contributed by atoms with E-state index in [0.29, 0.717) is 25.0 Å². The number of rotatable bonds is 12. The molecule has 5 nitrogen and oxygen atoms in total. The topological polar surface area (TPSA) is 65.7 Å². The van der Waals surface area contributed by atoms with Crippen LogP contribution in [0.25, 0.3) is 0 Å². The van der Waals surface area contributed by atoms with E-state index in [1.165, 1.54) is 12.1 Å². The Bertz CT molecular complexity index is 471. The first-order chi connectivity index (χ1) is 11.9. The standard InChI is InChI=1S/C20H32O5/c1-15(2)9-5-7-13-23-19(21)17-11-12-18(25-17)20(22)24-14-8-6-10-16(3)4/h11-12,15-16H,5-10,13-14H2,1-4H3. The summed E-state index contributed by atoms with van der Waals surface area (Å²) in [7, 11) is 0. The molecule has 0 spiro atoms. The van der Waals surface area contributed by atoms with Crippen molar-refractivity contribution in [3.63, 3.8) is 0 Å². The first kappa shape index (κ1) is 21.3. The van der Waals surface area contributed by atoms with Crippen LogP contribution in [-0.2, 0) is 9.47 Å². The van der Waals surface area contributed by atoms with Crippen LogP contribution in [0.4, 0.5) is 0 Å². The molecule has 0 aliphatic rings. The van der Waals surface area contributed by atoms with E-state index in [1.807, 2.05) is 0 Å². The number of hydrogen-bond acceptors (Lipinski definition) is 5. The number of unbranched alkanes of at least 4 members (excludes halogenated alkanes) is 2. The van der Waals surface area contributed by atoms with E-state index in [9.17, 15) is 9.59 Å². The highest BCUT2D eigenvalue weighted by atomic mass is 16.6. The van der Waals surface area contributed by atoms with Gasteiger partial charge in [0.05, 0.1) is 13.2 Å². The molecule has 0 saturated heterocycles. The van der Waals surface area contributed by atoms with Gasteiger partial charge in [-0.1, -0.05) is 40.5 Å². The van der Waals surface area contributed by atoms with Gasteiger partial charge in [-0.05, 0) is 49.7 Å². The number of carbonyl (C=O) groups is 2. The van der Waals surface area contributed by atoms with Crippen LogP contribution in [0.15, 0.2) is 16.5 Å². The van der Waals surface area contributed by atoms with E-state index < -0.39 is 11.9 Å². The molecule has 1 rings (SSSR count). The summed E-state index contributed by atoms with van der Waals surface area (Å²) in [6.45, 7) is 9.39. The van der Waals surface area contributed by atoms with Crippen LogP contribution in [0.1, 0.15) is 87.3 Å². The van der Waals surface area contributed by atoms with Crippen molar-refractivity contribution in [2.24, 2.45) is 11.8 Å². The monoisotopic (exact) mass is 352 g/mol. The molecule has 0 unspecified atom stereocenters. The minimum atomic E-state index is -0.541. The minimum Gasteiger partial charge on any atom is -0.460 e. The molecular formula is C20H32O5. The van der Waals surface area contributed by atoms with E-state index in [4.69, 9.17) is 13.9 Å². The zero-order valence-electron chi connectivity index (χ0n) is 16.0. The Morgan fingerprint density at radius 1 is 0.800 bits per heavy atom. The maximum absolute atomic E-state index is 11.9. The smallest absolute Gasteiger partial charge is 0.374 e. The summed E-state index contributed by atoms with van der Waals surface area (Å²) in [6.07, 6.45) is 5.94. The van der Waals surface area contributed by atoms with E-state index >= 15 is 0 Å². The van der Waals surface area contributed by atoms with E-state index in [0.717, 1.165) is 38.5 Å².